The van der Waals surface area contributed by atoms with E-state index in [0.29, 0.717) is 0 Å². The van der Waals surface area contributed by atoms with Gasteiger partial charge in [0.25, 0.3) is 0 Å². The lowest BCUT2D eigenvalue weighted by Crippen LogP contribution is -2.35. The largest absolute Gasteiger partial charge is 0.497 e. The quantitative estimate of drug-likeness (QED) is 0.920. The van der Waals surface area contributed by atoms with Gasteiger partial charge in [0.1, 0.15) is 11.5 Å². The van der Waals surface area contributed by atoms with Crippen LogP contribution in [0.15, 0.2) is 36.4 Å². The van der Waals surface area contributed by atoms with E-state index >= 15 is 0 Å². The summed E-state index contributed by atoms with van der Waals surface area (Å²) in [4.78, 5) is 0. The lowest BCUT2D eigenvalue weighted by Gasteiger charge is -2.27. The predicted octanol–water partition coefficient (Wildman–Crippen LogP) is 2.78. The average Bonchev–Trinajstić information content (AvgIpc) is 3.12. The zero-order valence-corrected chi connectivity index (χ0v) is 12.2. The third-order valence-corrected chi connectivity index (χ3v) is 4.79. The minimum Gasteiger partial charge on any atom is -0.497 e. The molecule has 21 heavy (non-hydrogen) atoms. The van der Waals surface area contributed by atoms with Crippen molar-refractivity contribution in [3.63, 3.8) is 0 Å². The molecule has 1 atom stereocenters. The summed E-state index contributed by atoms with van der Waals surface area (Å²) in [7, 11) is 1.70. The number of fused-ring (bicyclic) bond motifs is 2. The standard InChI is InChI=1S/C18H19NO2/c1-20-15-4-2-12-6-8-18(19,16(12)11-15)14-3-5-17-13(10-14)7-9-21-17/h2-5,10-11H,6-9,19H2,1H3. The van der Waals surface area contributed by atoms with Crippen molar-refractivity contribution in [1.82, 2.24) is 0 Å². The molecule has 0 radical (unpaired) electrons. The second-order valence-electron chi connectivity index (χ2n) is 5.92. The maximum absolute atomic E-state index is 6.81. The molecule has 0 spiro atoms. The fraction of sp³-hybridized carbons (Fsp3) is 0.333. The van der Waals surface area contributed by atoms with Gasteiger partial charge in [-0.2, -0.15) is 0 Å². The summed E-state index contributed by atoms with van der Waals surface area (Å²) in [6.45, 7) is 0.779. The van der Waals surface area contributed by atoms with E-state index in [0.717, 1.165) is 37.4 Å². The smallest absolute Gasteiger partial charge is 0.122 e. The summed E-state index contributed by atoms with van der Waals surface area (Å²) in [6, 6.07) is 12.6. The first-order valence-electron chi connectivity index (χ1n) is 7.43. The van der Waals surface area contributed by atoms with E-state index in [2.05, 4.69) is 30.3 Å². The SMILES string of the molecule is COc1ccc2c(c1)C(N)(c1ccc3c(c1)CCO3)CC2. The summed E-state index contributed by atoms with van der Waals surface area (Å²) < 4.78 is 11.0. The molecule has 108 valence electrons. The van der Waals surface area contributed by atoms with Gasteiger partial charge in [-0.15, -0.1) is 0 Å². The molecule has 1 unspecified atom stereocenters. The lowest BCUT2D eigenvalue weighted by molar-refractivity contribution is 0.356. The number of nitrogens with two attached hydrogens (primary N) is 1. The van der Waals surface area contributed by atoms with Crippen molar-refractivity contribution in [2.75, 3.05) is 13.7 Å². The van der Waals surface area contributed by atoms with Gasteiger partial charge < -0.3 is 15.2 Å². The molecule has 2 N–H and O–H groups in total. The van der Waals surface area contributed by atoms with Crippen LogP contribution >= 0.6 is 0 Å². The number of hydrogen-bond donors (Lipinski definition) is 1. The Bertz CT molecular complexity index is 710. The van der Waals surface area contributed by atoms with E-state index in [-0.39, 0.29) is 0 Å². The van der Waals surface area contributed by atoms with E-state index in [1.165, 1.54) is 22.3 Å². The number of benzene rings is 2. The van der Waals surface area contributed by atoms with Crippen LogP contribution in [0.3, 0.4) is 0 Å². The molecule has 3 nitrogen and oxygen atoms in total. The number of aryl methyl sites for hydroxylation is 1. The van der Waals surface area contributed by atoms with Crippen LogP contribution in [0.4, 0.5) is 0 Å². The van der Waals surface area contributed by atoms with Crippen molar-refractivity contribution in [2.45, 2.75) is 24.8 Å². The maximum atomic E-state index is 6.81. The third kappa shape index (κ3) is 1.84. The number of ether oxygens (including phenoxy) is 2. The summed E-state index contributed by atoms with van der Waals surface area (Å²) >= 11 is 0. The topological polar surface area (TPSA) is 44.5 Å². The molecule has 2 aliphatic rings. The summed E-state index contributed by atoms with van der Waals surface area (Å²) in [5, 5.41) is 0. The first-order chi connectivity index (χ1) is 10.2. The third-order valence-electron chi connectivity index (χ3n) is 4.79. The zero-order chi connectivity index (χ0) is 14.4. The minimum absolute atomic E-state index is 0.415. The molecular weight excluding hydrogens is 262 g/mol. The molecule has 2 aromatic carbocycles. The van der Waals surface area contributed by atoms with Gasteiger partial charge in [0, 0.05) is 6.42 Å². The average molecular weight is 281 g/mol. The highest BCUT2D eigenvalue weighted by Crippen LogP contribution is 2.43. The van der Waals surface area contributed by atoms with Crippen LogP contribution in [0.2, 0.25) is 0 Å². The van der Waals surface area contributed by atoms with Gasteiger partial charge in [-0.3, -0.25) is 0 Å². The first kappa shape index (κ1) is 12.7. The molecular formula is C18H19NO2. The van der Waals surface area contributed by atoms with Gasteiger partial charge in [-0.25, -0.2) is 0 Å². The Morgan fingerprint density at radius 2 is 2.00 bits per heavy atom. The number of rotatable bonds is 2. The fourth-order valence-electron chi connectivity index (χ4n) is 3.55. The second kappa shape index (κ2) is 4.50. The second-order valence-corrected chi connectivity index (χ2v) is 5.92. The highest BCUT2D eigenvalue weighted by atomic mass is 16.5. The fourth-order valence-corrected chi connectivity index (χ4v) is 3.55. The Balaban J connectivity index is 1.82. The highest BCUT2D eigenvalue weighted by Gasteiger charge is 2.37. The van der Waals surface area contributed by atoms with Crippen LogP contribution in [-0.2, 0) is 18.4 Å². The Kier molecular flexibility index (Phi) is 2.73. The van der Waals surface area contributed by atoms with Gasteiger partial charge in [0.05, 0.1) is 19.3 Å². The van der Waals surface area contributed by atoms with Gasteiger partial charge in [-0.05, 0) is 59.4 Å². The van der Waals surface area contributed by atoms with Crippen LogP contribution in [0.25, 0.3) is 0 Å². The molecule has 1 aliphatic carbocycles. The van der Waals surface area contributed by atoms with Gasteiger partial charge in [0.2, 0.25) is 0 Å². The Morgan fingerprint density at radius 3 is 2.86 bits per heavy atom. The van der Waals surface area contributed by atoms with Crippen LogP contribution < -0.4 is 15.2 Å². The summed E-state index contributed by atoms with van der Waals surface area (Å²) in [5.74, 6) is 1.88. The van der Waals surface area contributed by atoms with E-state index in [4.69, 9.17) is 15.2 Å². The van der Waals surface area contributed by atoms with Crippen molar-refractivity contribution >= 4 is 0 Å². The normalized spacial score (nSPS) is 22.6. The number of methoxy groups -OCH3 is 1. The Hall–Kier alpha value is -2.00. The van der Waals surface area contributed by atoms with Gasteiger partial charge in [-0.1, -0.05) is 12.1 Å². The van der Waals surface area contributed by atoms with Crippen LogP contribution in [-0.4, -0.2) is 13.7 Å². The van der Waals surface area contributed by atoms with Crippen LogP contribution in [0, 0.1) is 0 Å². The van der Waals surface area contributed by atoms with Crippen LogP contribution in [0.1, 0.15) is 28.7 Å². The van der Waals surface area contributed by atoms with Gasteiger partial charge >= 0.3 is 0 Å². The molecule has 0 amide bonds. The minimum atomic E-state index is -0.415. The van der Waals surface area contributed by atoms with Crippen molar-refractivity contribution in [3.8, 4) is 11.5 Å². The van der Waals surface area contributed by atoms with Crippen LogP contribution in [0.5, 0.6) is 11.5 Å². The summed E-state index contributed by atoms with van der Waals surface area (Å²) in [6.07, 6.45) is 2.93. The van der Waals surface area contributed by atoms with E-state index in [9.17, 15) is 0 Å². The van der Waals surface area contributed by atoms with E-state index in [1.807, 2.05) is 6.07 Å². The molecule has 0 aromatic heterocycles. The van der Waals surface area contributed by atoms with Crippen molar-refractivity contribution in [1.29, 1.82) is 0 Å². The predicted molar refractivity (Wildman–Crippen MR) is 81.9 cm³/mol. The molecule has 4 rings (SSSR count). The molecule has 3 heteroatoms. The van der Waals surface area contributed by atoms with Gasteiger partial charge in [0.15, 0.2) is 0 Å². The zero-order valence-electron chi connectivity index (χ0n) is 12.2. The Labute approximate surface area is 124 Å². The first-order valence-corrected chi connectivity index (χ1v) is 7.43. The molecule has 0 saturated carbocycles. The molecule has 2 aromatic rings. The maximum Gasteiger partial charge on any atom is 0.122 e. The van der Waals surface area contributed by atoms with E-state index in [1.54, 1.807) is 7.11 Å². The molecule has 0 saturated heterocycles. The lowest BCUT2D eigenvalue weighted by atomic mass is 9.84. The molecule has 1 aliphatic heterocycles. The number of hydrogen-bond acceptors (Lipinski definition) is 3. The monoisotopic (exact) mass is 281 g/mol. The highest BCUT2D eigenvalue weighted by molar-refractivity contribution is 5.52. The van der Waals surface area contributed by atoms with Crippen molar-refractivity contribution in [2.24, 2.45) is 5.73 Å². The van der Waals surface area contributed by atoms with Crippen molar-refractivity contribution in [3.05, 3.63) is 58.7 Å². The van der Waals surface area contributed by atoms with E-state index < -0.39 is 5.54 Å². The molecule has 0 fully saturated rings. The Morgan fingerprint density at radius 1 is 1.10 bits per heavy atom. The van der Waals surface area contributed by atoms with Crippen molar-refractivity contribution < 1.29 is 9.47 Å². The summed E-state index contributed by atoms with van der Waals surface area (Å²) in [5.41, 5.74) is 11.4. The molecule has 0 bridgehead atoms. The molecule has 1 heterocycles.